The fourth-order valence-electron chi connectivity index (χ4n) is 3.25. The number of nitrogens with one attached hydrogen (secondary N) is 1. The van der Waals surface area contributed by atoms with E-state index in [2.05, 4.69) is 15.2 Å². The van der Waals surface area contributed by atoms with Crippen molar-refractivity contribution in [2.24, 2.45) is 5.73 Å². The van der Waals surface area contributed by atoms with Gasteiger partial charge in [-0.3, -0.25) is 9.69 Å². The number of nitrogens with zero attached hydrogens (tertiary/aromatic N) is 3. The Kier molecular flexibility index (Phi) is 7.50. The highest BCUT2D eigenvalue weighted by molar-refractivity contribution is 6.30. The number of fused-ring (bicyclic) bond motifs is 1. The number of amides is 1. The molecule has 0 radical (unpaired) electrons. The zero-order chi connectivity index (χ0) is 16.9. The first kappa shape index (κ1) is 20.0. The number of hydrogen-bond donors (Lipinski definition) is 2. The average Bonchev–Trinajstić information content (AvgIpc) is 2.95. The first-order valence-corrected chi connectivity index (χ1v) is 8.87. The Balaban J connectivity index is 0.00000225. The largest absolute Gasteiger partial charge is 0.354 e. The molecule has 1 saturated heterocycles. The maximum atomic E-state index is 11.7. The van der Waals surface area contributed by atoms with Crippen LogP contribution in [0.25, 0.3) is 5.65 Å². The number of pyridine rings is 1. The van der Waals surface area contributed by atoms with Crippen molar-refractivity contribution < 1.29 is 4.79 Å². The molecule has 0 spiro atoms. The second kappa shape index (κ2) is 9.38. The van der Waals surface area contributed by atoms with Crippen LogP contribution in [0.1, 0.15) is 31.4 Å². The smallest absolute Gasteiger partial charge is 0.221 e. The number of halogens is 2. The maximum absolute atomic E-state index is 11.7. The Morgan fingerprint density at radius 3 is 3.00 bits per heavy atom. The highest BCUT2D eigenvalue weighted by Gasteiger charge is 2.23. The lowest BCUT2D eigenvalue weighted by Crippen LogP contribution is -2.46. The molecule has 8 heteroatoms. The van der Waals surface area contributed by atoms with Gasteiger partial charge in [-0.15, -0.1) is 12.4 Å². The molecule has 3 N–H and O–H groups in total. The van der Waals surface area contributed by atoms with Gasteiger partial charge in [0.05, 0.1) is 10.7 Å². The molecule has 0 saturated carbocycles. The molecular weight excluding hydrogens is 361 g/mol. The third-order valence-electron chi connectivity index (χ3n) is 4.49. The summed E-state index contributed by atoms with van der Waals surface area (Å²) in [4.78, 5) is 18.7. The van der Waals surface area contributed by atoms with Crippen molar-refractivity contribution in [2.45, 2.75) is 38.3 Å². The first-order chi connectivity index (χ1) is 11.7. The van der Waals surface area contributed by atoms with Crippen molar-refractivity contribution in [3.05, 3.63) is 35.2 Å². The number of carbonyl (C=O) groups excluding carboxylic acids is 1. The summed E-state index contributed by atoms with van der Waals surface area (Å²) in [5.41, 5.74) is 7.35. The standard InChI is InChI=1S/C17H24ClN5O.ClH/c18-13-4-5-16-21-14(12-23(16)10-13)11-22-8-2-1-3-15(22)9-20-17(24)6-7-19;/h4-5,10,12,15H,1-3,6-9,11,19H2,(H,20,24);1H. The van der Waals surface area contributed by atoms with Gasteiger partial charge in [0.2, 0.25) is 5.91 Å². The van der Waals surface area contributed by atoms with Crippen LogP contribution < -0.4 is 11.1 Å². The third kappa shape index (κ3) is 5.31. The zero-order valence-electron chi connectivity index (χ0n) is 14.2. The van der Waals surface area contributed by atoms with Gasteiger partial charge < -0.3 is 15.5 Å². The Morgan fingerprint density at radius 1 is 1.36 bits per heavy atom. The van der Waals surface area contributed by atoms with E-state index in [0.29, 0.717) is 30.6 Å². The van der Waals surface area contributed by atoms with Crippen LogP contribution in [0.5, 0.6) is 0 Å². The van der Waals surface area contributed by atoms with Crippen LogP contribution in [0.4, 0.5) is 0 Å². The van der Waals surface area contributed by atoms with Gasteiger partial charge in [0.1, 0.15) is 5.65 Å². The van der Waals surface area contributed by atoms with E-state index in [1.54, 1.807) is 0 Å². The fourth-order valence-corrected chi connectivity index (χ4v) is 3.42. The van der Waals surface area contributed by atoms with Crippen LogP contribution in [0.2, 0.25) is 5.02 Å². The van der Waals surface area contributed by atoms with Crippen molar-refractivity contribution in [2.75, 3.05) is 19.6 Å². The van der Waals surface area contributed by atoms with Gasteiger partial charge in [0.15, 0.2) is 0 Å². The van der Waals surface area contributed by atoms with Crippen molar-refractivity contribution in [1.82, 2.24) is 19.6 Å². The summed E-state index contributed by atoms with van der Waals surface area (Å²) in [6.07, 6.45) is 7.77. The molecule has 1 fully saturated rings. The lowest BCUT2D eigenvalue weighted by Gasteiger charge is -2.35. The number of nitrogens with two attached hydrogens (primary N) is 1. The molecule has 1 amide bonds. The molecule has 1 atom stereocenters. The minimum absolute atomic E-state index is 0. The van der Waals surface area contributed by atoms with Crippen LogP contribution in [-0.2, 0) is 11.3 Å². The number of piperidine rings is 1. The van der Waals surface area contributed by atoms with E-state index in [4.69, 9.17) is 17.3 Å². The summed E-state index contributed by atoms with van der Waals surface area (Å²) >= 11 is 6.03. The van der Waals surface area contributed by atoms with Gasteiger partial charge in [0.25, 0.3) is 0 Å². The summed E-state index contributed by atoms with van der Waals surface area (Å²) in [6, 6.07) is 4.13. The Morgan fingerprint density at radius 2 is 2.20 bits per heavy atom. The van der Waals surface area contributed by atoms with E-state index in [1.165, 1.54) is 12.8 Å². The highest BCUT2D eigenvalue weighted by Crippen LogP contribution is 2.20. The lowest BCUT2D eigenvalue weighted by atomic mass is 10.0. The van der Waals surface area contributed by atoms with Gasteiger partial charge in [-0.1, -0.05) is 18.0 Å². The molecule has 25 heavy (non-hydrogen) atoms. The Bertz CT molecular complexity index is 705. The van der Waals surface area contributed by atoms with Gasteiger partial charge >= 0.3 is 0 Å². The van der Waals surface area contributed by atoms with E-state index in [9.17, 15) is 4.79 Å². The molecule has 6 nitrogen and oxygen atoms in total. The molecule has 1 aliphatic rings. The van der Waals surface area contributed by atoms with Crippen molar-refractivity contribution in [3.63, 3.8) is 0 Å². The third-order valence-corrected chi connectivity index (χ3v) is 4.71. The van der Waals surface area contributed by atoms with Crippen LogP contribution in [0.3, 0.4) is 0 Å². The quantitative estimate of drug-likeness (QED) is 0.799. The minimum atomic E-state index is 0. The molecule has 3 heterocycles. The highest BCUT2D eigenvalue weighted by atomic mass is 35.5. The number of imidazole rings is 1. The topological polar surface area (TPSA) is 75.7 Å². The molecule has 1 aliphatic heterocycles. The molecule has 3 rings (SSSR count). The second-order valence-corrected chi connectivity index (χ2v) is 6.74. The molecule has 0 aliphatic carbocycles. The number of aromatic nitrogens is 2. The van der Waals surface area contributed by atoms with Crippen molar-refractivity contribution >= 4 is 35.6 Å². The first-order valence-electron chi connectivity index (χ1n) is 8.49. The van der Waals surface area contributed by atoms with Crippen molar-refractivity contribution in [3.8, 4) is 0 Å². The van der Waals surface area contributed by atoms with Gasteiger partial charge in [-0.2, -0.15) is 0 Å². The maximum Gasteiger partial charge on any atom is 0.221 e. The fraction of sp³-hybridized carbons (Fsp3) is 0.529. The summed E-state index contributed by atoms with van der Waals surface area (Å²) in [6.45, 7) is 2.89. The zero-order valence-corrected chi connectivity index (χ0v) is 15.7. The second-order valence-electron chi connectivity index (χ2n) is 6.31. The van der Waals surface area contributed by atoms with E-state index in [-0.39, 0.29) is 18.3 Å². The number of likely N-dealkylation sites (tertiary alicyclic amines) is 1. The molecule has 1 unspecified atom stereocenters. The Hall–Kier alpha value is -1.34. The Labute approximate surface area is 159 Å². The minimum Gasteiger partial charge on any atom is -0.354 e. The van der Waals surface area contributed by atoms with E-state index < -0.39 is 0 Å². The van der Waals surface area contributed by atoms with Crippen LogP contribution in [-0.4, -0.2) is 45.9 Å². The molecule has 0 bridgehead atoms. The lowest BCUT2D eigenvalue weighted by molar-refractivity contribution is -0.121. The van der Waals surface area contributed by atoms with Crippen molar-refractivity contribution in [1.29, 1.82) is 0 Å². The SMILES string of the molecule is Cl.NCCC(=O)NCC1CCCCN1Cc1cn2cc(Cl)ccc2n1. The molecule has 2 aromatic heterocycles. The summed E-state index contributed by atoms with van der Waals surface area (Å²) in [5.74, 6) is 0.0328. The monoisotopic (exact) mass is 385 g/mol. The predicted octanol–water partition coefficient (Wildman–Crippen LogP) is 2.23. The van der Waals surface area contributed by atoms with Crippen LogP contribution >= 0.6 is 24.0 Å². The normalized spacial score (nSPS) is 18.1. The van der Waals surface area contributed by atoms with Gasteiger partial charge in [0, 0.05) is 44.5 Å². The molecule has 138 valence electrons. The summed E-state index contributed by atoms with van der Waals surface area (Å²) in [7, 11) is 0. The molecule has 2 aromatic rings. The van der Waals surface area contributed by atoms with Crippen LogP contribution in [0, 0.1) is 0 Å². The van der Waals surface area contributed by atoms with E-state index >= 15 is 0 Å². The number of carbonyl (C=O) groups is 1. The summed E-state index contributed by atoms with van der Waals surface area (Å²) < 4.78 is 1.96. The number of rotatable bonds is 6. The summed E-state index contributed by atoms with van der Waals surface area (Å²) in [5, 5.41) is 3.70. The number of hydrogen-bond acceptors (Lipinski definition) is 4. The van der Waals surface area contributed by atoms with E-state index in [0.717, 1.165) is 30.9 Å². The predicted molar refractivity (Wildman–Crippen MR) is 102 cm³/mol. The van der Waals surface area contributed by atoms with E-state index in [1.807, 2.05) is 28.9 Å². The molecule has 0 aromatic carbocycles. The van der Waals surface area contributed by atoms with Gasteiger partial charge in [-0.05, 0) is 31.5 Å². The van der Waals surface area contributed by atoms with Gasteiger partial charge in [-0.25, -0.2) is 4.98 Å². The molecular formula is C17H25Cl2N5O. The van der Waals surface area contributed by atoms with Crippen LogP contribution in [0.15, 0.2) is 24.5 Å². The average molecular weight is 386 g/mol.